The van der Waals surface area contributed by atoms with E-state index in [1.165, 1.54) is 12.5 Å². The van der Waals surface area contributed by atoms with Gasteiger partial charge in [-0.15, -0.1) is 0 Å². The Labute approximate surface area is 96.7 Å². The standard InChI is InChI=1S/C8H17O2PS2Si/c1-6-9-11(12,10-7-2)13-8-14(3,4)5/h6-7H,1-2,8H2,3-5H3. The Hall–Kier alpha value is 0.297. The van der Waals surface area contributed by atoms with Gasteiger partial charge < -0.3 is 9.05 Å². The molecule has 6 heteroatoms. The first-order valence-corrected chi connectivity index (χ1v) is 12.1. The molecule has 0 bridgehead atoms. The Kier molecular flexibility index (Phi) is 6.13. The fourth-order valence-electron chi connectivity index (χ4n) is 0.541. The zero-order valence-electron chi connectivity index (χ0n) is 8.86. The van der Waals surface area contributed by atoms with Crippen molar-refractivity contribution in [2.75, 3.05) is 5.38 Å². The topological polar surface area (TPSA) is 18.5 Å². The Morgan fingerprint density at radius 3 is 2.00 bits per heavy atom. The molecular weight excluding hydrogens is 251 g/mol. The Morgan fingerprint density at radius 2 is 1.71 bits per heavy atom. The highest BCUT2D eigenvalue weighted by molar-refractivity contribution is 8.68. The van der Waals surface area contributed by atoms with Crippen molar-refractivity contribution in [3.05, 3.63) is 25.7 Å². The van der Waals surface area contributed by atoms with E-state index >= 15 is 0 Å². The molecule has 0 radical (unpaired) electrons. The highest BCUT2D eigenvalue weighted by atomic mass is 32.9. The van der Waals surface area contributed by atoms with Crippen molar-refractivity contribution < 1.29 is 9.05 Å². The second-order valence-corrected chi connectivity index (χ2v) is 16.0. The molecule has 0 aliphatic rings. The summed E-state index contributed by atoms with van der Waals surface area (Å²) in [4.78, 5) is 0. The van der Waals surface area contributed by atoms with Crippen LogP contribution in [0, 0.1) is 0 Å². The van der Waals surface area contributed by atoms with Gasteiger partial charge in [-0.25, -0.2) is 0 Å². The van der Waals surface area contributed by atoms with Crippen LogP contribution in [-0.2, 0) is 20.9 Å². The third-order valence-corrected chi connectivity index (χ3v) is 10.3. The van der Waals surface area contributed by atoms with E-state index in [4.69, 9.17) is 20.9 Å². The maximum atomic E-state index is 5.28. The Bertz CT molecular complexity index is 236. The third kappa shape index (κ3) is 6.71. The number of hydrogen-bond donors (Lipinski definition) is 0. The van der Waals surface area contributed by atoms with E-state index in [0.717, 1.165) is 5.38 Å². The Balaban J connectivity index is 4.30. The predicted octanol–water partition coefficient (Wildman–Crippen LogP) is 4.14. The van der Waals surface area contributed by atoms with Crippen LogP contribution in [0.15, 0.2) is 25.7 Å². The molecule has 14 heavy (non-hydrogen) atoms. The minimum absolute atomic E-state index is 1.02. The third-order valence-electron chi connectivity index (χ3n) is 1.06. The molecule has 0 aromatic carbocycles. The van der Waals surface area contributed by atoms with Crippen molar-refractivity contribution in [2.24, 2.45) is 0 Å². The molecule has 0 N–H and O–H groups in total. The molecule has 0 heterocycles. The highest BCUT2D eigenvalue weighted by Gasteiger charge is 2.24. The van der Waals surface area contributed by atoms with Gasteiger partial charge in [0.1, 0.15) is 0 Å². The summed E-state index contributed by atoms with van der Waals surface area (Å²) in [5.41, 5.74) is -2.27. The molecular formula is C8H17O2PS2Si. The summed E-state index contributed by atoms with van der Waals surface area (Å²) < 4.78 is 10.5. The van der Waals surface area contributed by atoms with Gasteiger partial charge in [0, 0.05) is 0 Å². The van der Waals surface area contributed by atoms with Crippen LogP contribution >= 0.6 is 17.1 Å². The highest BCUT2D eigenvalue weighted by Crippen LogP contribution is 2.61. The van der Waals surface area contributed by atoms with Gasteiger partial charge in [-0.2, -0.15) is 0 Å². The van der Waals surface area contributed by atoms with Gasteiger partial charge in [0.2, 0.25) is 0 Å². The fourth-order valence-corrected chi connectivity index (χ4v) is 10.7. The van der Waals surface area contributed by atoms with Crippen LogP contribution in [0.3, 0.4) is 0 Å². The van der Waals surface area contributed by atoms with E-state index in [-0.39, 0.29) is 0 Å². The van der Waals surface area contributed by atoms with Gasteiger partial charge in [0.15, 0.2) is 0 Å². The maximum Gasteiger partial charge on any atom is 0.347 e. The molecule has 0 amide bonds. The summed E-state index contributed by atoms with van der Waals surface area (Å²) in [7, 11) is -1.13. The molecule has 0 saturated heterocycles. The first-order valence-electron chi connectivity index (χ1n) is 4.16. The zero-order chi connectivity index (χ0) is 11.2. The van der Waals surface area contributed by atoms with Crippen molar-refractivity contribution in [1.29, 1.82) is 0 Å². The molecule has 0 aromatic heterocycles. The molecule has 0 rings (SSSR count). The molecule has 0 atom stereocenters. The van der Waals surface area contributed by atoms with Crippen LogP contribution in [-0.4, -0.2) is 13.5 Å². The van der Waals surface area contributed by atoms with Gasteiger partial charge in [0.25, 0.3) is 0 Å². The predicted molar refractivity (Wildman–Crippen MR) is 72.7 cm³/mol. The van der Waals surface area contributed by atoms with E-state index in [1.807, 2.05) is 0 Å². The normalized spacial score (nSPS) is 11.9. The largest absolute Gasteiger partial charge is 0.437 e. The summed E-state index contributed by atoms with van der Waals surface area (Å²) >= 11 is 6.86. The van der Waals surface area contributed by atoms with Crippen LogP contribution < -0.4 is 0 Å². The van der Waals surface area contributed by atoms with Crippen molar-refractivity contribution in [2.45, 2.75) is 19.6 Å². The van der Waals surface area contributed by atoms with Gasteiger partial charge in [-0.1, -0.05) is 32.8 Å². The van der Waals surface area contributed by atoms with Crippen LogP contribution in [0.2, 0.25) is 19.6 Å². The average Bonchev–Trinajstić information content (AvgIpc) is 2.01. The molecule has 0 fully saturated rings. The van der Waals surface area contributed by atoms with Gasteiger partial charge in [-0.05, 0) is 28.6 Å². The number of rotatable bonds is 7. The molecule has 82 valence electrons. The van der Waals surface area contributed by atoms with Crippen molar-refractivity contribution in [1.82, 2.24) is 0 Å². The summed E-state index contributed by atoms with van der Waals surface area (Å²) in [6.07, 6.45) is 2.70. The molecule has 0 aliphatic heterocycles. The smallest absolute Gasteiger partial charge is 0.347 e. The molecule has 0 spiro atoms. The van der Waals surface area contributed by atoms with E-state index < -0.39 is 13.8 Å². The lowest BCUT2D eigenvalue weighted by Crippen LogP contribution is -2.23. The van der Waals surface area contributed by atoms with E-state index in [1.54, 1.807) is 11.4 Å². The monoisotopic (exact) mass is 268 g/mol. The molecule has 0 unspecified atom stereocenters. The minimum Gasteiger partial charge on any atom is -0.437 e. The van der Waals surface area contributed by atoms with Crippen LogP contribution in [0.4, 0.5) is 0 Å². The second kappa shape index (κ2) is 6.01. The average molecular weight is 268 g/mol. The number of hydrogen-bond acceptors (Lipinski definition) is 4. The van der Waals surface area contributed by atoms with Gasteiger partial charge in [-0.3, -0.25) is 0 Å². The molecule has 2 nitrogen and oxygen atoms in total. The van der Waals surface area contributed by atoms with Crippen LogP contribution in [0.1, 0.15) is 0 Å². The van der Waals surface area contributed by atoms with Crippen LogP contribution in [0.5, 0.6) is 0 Å². The minimum atomic E-state index is -2.27. The summed E-state index contributed by atoms with van der Waals surface area (Å²) in [6, 6.07) is 0. The molecule has 0 saturated carbocycles. The first kappa shape index (κ1) is 14.3. The maximum absolute atomic E-state index is 5.28. The van der Waals surface area contributed by atoms with Crippen molar-refractivity contribution >= 4 is 37.0 Å². The summed E-state index contributed by atoms with van der Waals surface area (Å²) in [5, 5.41) is 1.02. The summed E-state index contributed by atoms with van der Waals surface area (Å²) in [5.74, 6) is 0. The first-order chi connectivity index (χ1) is 6.33. The van der Waals surface area contributed by atoms with Gasteiger partial charge >= 0.3 is 5.69 Å². The van der Waals surface area contributed by atoms with Crippen LogP contribution in [0.25, 0.3) is 0 Å². The lowest BCUT2D eigenvalue weighted by atomic mass is 11.2. The molecule has 0 aromatic rings. The SMILES string of the molecule is C=COP(=S)(OC=C)SC[Si](C)(C)C. The lowest BCUT2D eigenvalue weighted by molar-refractivity contribution is 0.425. The van der Waals surface area contributed by atoms with Crippen molar-refractivity contribution in [3.8, 4) is 0 Å². The quantitative estimate of drug-likeness (QED) is 0.392. The Morgan fingerprint density at radius 1 is 1.29 bits per heavy atom. The zero-order valence-corrected chi connectivity index (χ0v) is 12.4. The van der Waals surface area contributed by atoms with E-state index in [2.05, 4.69) is 32.8 Å². The molecule has 0 aliphatic carbocycles. The van der Waals surface area contributed by atoms with Crippen molar-refractivity contribution in [3.63, 3.8) is 0 Å². The van der Waals surface area contributed by atoms with E-state index in [0.29, 0.717) is 0 Å². The summed E-state index contributed by atoms with van der Waals surface area (Å²) in [6.45, 7) is 13.8. The lowest BCUT2D eigenvalue weighted by Gasteiger charge is -2.22. The fraction of sp³-hybridized carbons (Fsp3) is 0.500. The second-order valence-electron chi connectivity index (χ2n) is 3.83. The van der Waals surface area contributed by atoms with E-state index in [9.17, 15) is 0 Å². The van der Waals surface area contributed by atoms with Gasteiger partial charge in [0.05, 0.1) is 20.6 Å².